The van der Waals surface area contributed by atoms with Gasteiger partial charge in [-0.25, -0.2) is 0 Å². The van der Waals surface area contributed by atoms with Gasteiger partial charge in [-0.15, -0.1) is 11.3 Å². The number of hydrogen-bond acceptors (Lipinski definition) is 5. The van der Waals surface area contributed by atoms with Gasteiger partial charge in [-0.3, -0.25) is 14.4 Å². The maximum Gasteiger partial charge on any atom is 0.238 e. The van der Waals surface area contributed by atoms with E-state index < -0.39 is 23.4 Å². The van der Waals surface area contributed by atoms with Crippen molar-refractivity contribution in [3.8, 4) is 0 Å². The number of ketones is 2. The van der Waals surface area contributed by atoms with E-state index in [1.165, 1.54) is 11.3 Å². The number of hydrogen-bond donors (Lipinski definition) is 1. The summed E-state index contributed by atoms with van der Waals surface area (Å²) in [6.07, 6.45) is 2.09. The second-order valence-electron chi connectivity index (χ2n) is 10.6. The molecule has 0 bridgehead atoms. The van der Waals surface area contributed by atoms with Crippen LogP contribution < -0.4 is 10.2 Å². The maximum atomic E-state index is 14.7. The zero-order chi connectivity index (χ0) is 26.9. The first-order chi connectivity index (χ1) is 18.9. The van der Waals surface area contributed by atoms with Gasteiger partial charge in [0.15, 0.2) is 11.6 Å². The predicted molar refractivity (Wildman–Crippen MR) is 155 cm³/mol. The topological polar surface area (TPSA) is 66.5 Å². The van der Waals surface area contributed by atoms with E-state index in [0.29, 0.717) is 16.1 Å². The van der Waals surface area contributed by atoms with Gasteiger partial charge < -0.3 is 10.2 Å². The lowest BCUT2D eigenvalue weighted by Crippen LogP contribution is -2.51. The minimum atomic E-state index is -1.29. The van der Waals surface area contributed by atoms with Crippen molar-refractivity contribution in [2.75, 3.05) is 10.2 Å². The fourth-order valence-electron chi connectivity index (χ4n) is 6.89. The van der Waals surface area contributed by atoms with Gasteiger partial charge in [0.1, 0.15) is 11.5 Å². The summed E-state index contributed by atoms with van der Waals surface area (Å²) in [6, 6.07) is 25.1. The summed E-state index contributed by atoms with van der Waals surface area (Å²) in [5.74, 6) is -1.53. The van der Waals surface area contributed by atoms with Crippen molar-refractivity contribution < 1.29 is 14.4 Å². The van der Waals surface area contributed by atoms with Crippen LogP contribution >= 0.6 is 11.3 Å². The number of Topliss-reactive ketones (excluding diaryl/α,β-unsaturated/α-hetero) is 2. The van der Waals surface area contributed by atoms with E-state index in [4.69, 9.17) is 0 Å². The number of aryl methyl sites for hydroxylation is 1. The minimum absolute atomic E-state index is 0.141. The number of benzene rings is 3. The Hall–Kier alpha value is -4.29. The largest absolute Gasteiger partial charge is 0.352 e. The average Bonchev–Trinajstić information content (AvgIpc) is 3.66. The number of carbonyl (C=O) groups excluding carboxylic acids is 3. The van der Waals surface area contributed by atoms with Gasteiger partial charge >= 0.3 is 0 Å². The van der Waals surface area contributed by atoms with Crippen LogP contribution in [0.4, 0.5) is 11.4 Å². The van der Waals surface area contributed by atoms with Crippen molar-refractivity contribution in [3.63, 3.8) is 0 Å². The van der Waals surface area contributed by atoms with Gasteiger partial charge in [-0.05, 0) is 54.6 Å². The Morgan fingerprint density at radius 3 is 2.44 bits per heavy atom. The van der Waals surface area contributed by atoms with Crippen LogP contribution in [0, 0.1) is 12.8 Å². The first-order valence-corrected chi connectivity index (χ1v) is 14.0. The van der Waals surface area contributed by atoms with E-state index in [0.717, 1.165) is 28.0 Å². The number of nitrogens with zero attached hydrogens (tertiary/aromatic N) is 1. The number of fused-ring (bicyclic) bond motifs is 6. The Balaban J connectivity index is 1.57. The first kappa shape index (κ1) is 23.8. The van der Waals surface area contributed by atoms with Crippen LogP contribution in [0.15, 0.2) is 96.4 Å². The van der Waals surface area contributed by atoms with Crippen molar-refractivity contribution in [1.82, 2.24) is 0 Å². The number of carbonyl (C=O) groups is 3. The summed E-state index contributed by atoms with van der Waals surface area (Å²) >= 11 is 1.37. The lowest BCUT2D eigenvalue weighted by atomic mass is 9.64. The van der Waals surface area contributed by atoms with Gasteiger partial charge in [0, 0.05) is 22.5 Å². The van der Waals surface area contributed by atoms with Crippen LogP contribution in [-0.4, -0.2) is 29.6 Å². The molecule has 1 aromatic heterocycles. The SMILES string of the molecule is CC1=C[C@@H]2N(c3ccc(C)cc31)[C@H](C(=O)c1cccs1)[C@@H](C(=O)c1ccccc1)[C@]21C(=O)Nc2ccccc21. The number of anilines is 2. The van der Waals surface area contributed by atoms with Crippen molar-refractivity contribution in [3.05, 3.63) is 124 Å². The molecule has 4 atom stereocenters. The molecule has 0 aliphatic carbocycles. The van der Waals surface area contributed by atoms with E-state index in [2.05, 4.69) is 22.4 Å². The summed E-state index contributed by atoms with van der Waals surface area (Å²) < 4.78 is 0. The molecular formula is C33H26N2O3S. The molecule has 4 heterocycles. The van der Waals surface area contributed by atoms with Crippen molar-refractivity contribution in [2.24, 2.45) is 5.92 Å². The van der Waals surface area contributed by atoms with Crippen molar-refractivity contribution >= 4 is 45.8 Å². The number of para-hydroxylation sites is 1. The predicted octanol–water partition coefficient (Wildman–Crippen LogP) is 6.30. The average molecular weight is 531 g/mol. The molecule has 3 aliphatic rings. The summed E-state index contributed by atoms with van der Waals surface area (Å²) in [5.41, 5.74) is 4.69. The second-order valence-corrected chi connectivity index (χ2v) is 11.5. The van der Waals surface area contributed by atoms with Crippen LogP contribution in [0.5, 0.6) is 0 Å². The fourth-order valence-corrected chi connectivity index (χ4v) is 7.59. The lowest BCUT2D eigenvalue weighted by molar-refractivity contribution is -0.121. The Kier molecular flexibility index (Phi) is 5.26. The minimum Gasteiger partial charge on any atom is -0.352 e. The molecule has 4 aromatic rings. The molecule has 1 amide bonds. The molecule has 6 heteroatoms. The summed E-state index contributed by atoms with van der Waals surface area (Å²) in [7, 11) is 0. The Bertz CT molecular complexity index is 1690. The maximum absolute atomic E-state index is 14.7. The normalized spacial score (nSPS) is 24.6. The highest BCUT2D eigenvalue weighted by Crippen LogP contribution is 2.59. The van der Waals surface area contributed by atoms with Crippen LogP contribution in [-0.2, 0) is 10.2 Å². The number of rotatable bonds is 4. The Labute approximate surface area is 230 Å². The smallest absolute Gasteiger partial charge is 0.238 e. The van der Waals surface area contributed by atoms with Crippen LogP contribution in [0.3, 0.4) is 0 Å². The fraction of sp³-hybridized carbons (Fsp3) is 0.182. The van der Waals surface area contributed by atoms with E-state index in [-0.39, 0.29) is 17.5 Å². The number of thiophene rings is 1. The molecule has 39 heavy (non-hydrogen) atoms. The Morgan fingerprint density at radius 1 is 0.897 bits per heavy atom. The van der Waals surface area contributed by atoms with Crippen LogP contribution in [0.2, 0.25) is 0 Å². The first-order valence-electron chi connectivity index (χ1n) is 13.1. The summed E-state index contributed by atoms with van der Waals surface area (Å²) in [6.45, 7) is 4.09. The van der Waals surface area contributed by atoms with Crippen molar-refractivity contribution in [2.45, 2.75) is 31.3 Å². The molecule has 5 nitrogen and oxygen atoms in total. The van der Waals surface area contributed by atoms with Gasteiger partial charge in [-0.2, -0.15) is 0 Å². The molecule has 192 valence electrons. The zero-order valence-corrected chi connectivity index (χ0v) is 22.4. The number of allylic oxidation sites excluding steroid dienone is 1. The molecule has 7 rings (SSSR count). The highest BCUT2D eigenvalue weighted by molar-refractivity contribution is 7.12. The quantitative estimate of drug-likeness (QED) is 0.314. The second kappa shape index (κ2) is 8.61. The van der Waals surface area contributed by atoms with Gasteiger partial charge in [0.05, 0.1) is 16.8 Å². The molecule has 3 aromatic carbocycles. The number of nitrogens with one attached hydrogen (secondary N) is 1. The molecule has 0 radical (unpaired) electrons. The Morgan fingerprint density at radius 2 is 1.67 bits per heavy atom. The molecule has 3 aliphatic heterocycles. The van der Waals surface area contributed by atoms with Crippen LogP contribution in [0.1, 0.15) is 43.6 Å². The van der Waals surface area contributed by atoms with E-state index in [9.17, 15) is 14.4 Å². The van der Waals surface area contributed by atoms with E-state index in [1.54, 1.807) is 18.2 Å². The molecule has 0 unspecified atom stereocenters. The van der Waals surface area contributed by atoms with E-state index >= 15 is 0 Å². The molecule has 0 saturated carbocycles. The number of amides is 1. The molecule has 1 spiro atoms. The molecular weight excluding hydrogens is 504 g/mol. The lowest BCUT2D eigenvalue weighted by Gasteiger charge is -2.39. The monoisotopic (exact) mass is 530 g/mol. The highest BCUT2D eigenvalue weighted by Gasteiger charge is 2.70. The third-order valence-electron chi connectivity index (χ3n) is 8.51. The molecule has 1 saturated heterocycles. The standard InChI is InChI=1S/C33H26N2O3S/c1-19-14-15-25-22(17-19)20(2)18-27-33(23-11-6-7-12-24(23)34-32(33)38)28(30(36)21-9-4-3-5-10-21)29(35(25)27)31(37)26-13-8-16-39-26/h3-18,27-29H,1-2H3,(H,34,38)/t27-,28-,29-,33+/m0/s1. The highest BCUT2D eigenvalue weighted by atomic mass is 32.1. The zero-order valence-electron chi connectivity index (χ0n) is 21.5. The van der Waals surface area contributed by atoms with E-state index in [1.807, 2.05) is 79.9 Å². The third-order valence-corrected chi connectivity index (χ3v) is 9.39. The van der Waals surface area contributed by atoms with Gasteiger partial charge in [0.2, 0.25) is 5.91 Å². The van der Waals surface area contributed by atoms with Gasteiger partial charge in [-0.1, -0.05) is 72.3 Å². The van der Waals surface area contributed by atoms with Crippen molar-refractivity contribution in [1.29, 1.82) is 0 Å². The summed E-state index contributed by atoms with van der Waals surface area (Å²) in [5, 5.41) is 4.96. The molecule has 1 fully saturated rings. The third kappa shape index (κ3) is 3.21. The molecule has 1 N–H and O–H groups in total. The van der Waals surface area contributed by atoms with Gasteiger partial charge in [0.25, 0.3) is 0 Å². The summed E-state index contributed by atoms with van der Waals surface area (Å²) in [4.78, 5) is 46.2. The van der Waals surface area contributed by atoms with Crippen LogP contribution in [0.25, 0.3) is 5.57 Å².